The molecule has 0 heterocycles. The van der Waals surface area contributed by atoms with E-state index in [0.717, 1.165) is 18.8 Å². The second-order valence-corrected chi connectivity index (χ2v) is 5.65. The van der Waals surface area contributed by atoms with Crippen molar-refractivity contribution < 1.29 is 19.4 Å². The van der Waals surface area contributed by atoms with Gasteiger partial charge in [-0.1, -0.05) is 12.1 Å². The van der Waals surface area contributed by atoms with Crippen LogP contribution >= 0.6 is 0 Å². The summed E-state index contributed by atoms with van der Waals surface area (Å²) in [6.07, 6.45) is 1.39. The molecule has 0 aliphatic carbocycles. The number of anilines is 1. The lowest BCUT2D eigenvalue weighted by Crippen LogP contribution is -2.24. The highest BCUT2D eigenvalue weighted by Crippen LogP contribution is 2.25. The molecule has 0 saturated heterocycles. The molecule has 7 nitrogen and oxygen atoms in total. The molecule has 0 radical (unpaired) electrons. The maximum absolute atomic E-state index is 11.9. The number of phenols is 1. The normalized spacial score (nSPS) is 10.6. The number of rotatable bonds is 9. The molecule has 2 N–H and O–H groups in total. The Bertz CT molecular complexity index is 789. The smallest absolute Gasteiger partial charge is 0.277 e. The van der Waals surface area contributed by atoms with E-state index in [1.165, 1.54) is 13.3 Å². The number of ether oxygens (including phenoxy) is 2. The molecule has 0 saturated carbocycles. The van der Waals surface area contributed by atoms with Crippen LogP contribution in [0, 0.1) is 0 Å². The van der Waals surface area contributed by atoms with E-state index in [2.05, 4.69) is 29.3 Å². The van der Waals surface area contributed by atoms with Crippen molar-refractivity contribution in [3.63, 3.8) is 0 Å². The van der Waals surface area contributed by atoms with Crippen molar-refractivity contribution in [2.45, 2.75) is 13.8 Å². The van der Waals surface area contributed by atoms with Gasteiger partial charge in [0.25, 0.3) is 5.91 Å². The van der Waals surface area contributed by atoms with Crippen LogP contribution in [0.2, 0.25) is 0 Å². The van der Waals surface area contributed by atoms with Crippen LogP contribution in [0.15, 0.2) is 47.6 Å². The second-order valence-electron chi connectivity index (χ2n) is 5.65. The first-order valence-electron chi connectivity index (χ1n) is 8.74. The number of aromatic hydroxyl groups is 1. The molecular weight excluding hydrogens is 346 g/mol. The fraction of sp³-hybridized carbons (Fsp3) is 0.300. The molecule has 27 heavy (non-hydrogen) atoms. The zero-order valence-electron chi connectivity index (χ0n) is 15.8. The first-order chi connectivity index (χ1) is 13.1. The van der Waals surface area contributed by atoms with Crippen LogP contribution < -0.4 is 19.8 Å². The van der Waals surface area contributed by atoms with E-state index in [-0.39, 0.29) is 12.4 Å². The summed E-state index contributed by atoms with van der Waals surface area (Å²) in [4.78, 5) is 14.0. The van der Waals surface area contributed by atoms with E-state index < -0.39 is 5.91 Å². The van der Waals surface area contributed by atoms with Crippen molar-refractivity contribution in [2.24, 2.45) is 5.10 Å². The first-order valence-corrected chi connectivity index (χ1v) is 8.74. The molecule has 0 unspecified atom stereocenters. The number of carbonyl (C=O) groups excluding carboxylic acids is 1. The fourth-order valence-corrected chi connectivity index (χ4v) is 2.51. The Morgan fingerprint density at radius 1 is 1.19 bits per heavy atom. The summed E-state index contributed by atoms with van der Waals surface area (Å²) in [6.45, 7) is 5.61. The van der Waals surface area contributed by atoms with Crippen LogP contribution in [-0.4, -0.2) is 44.0 Å². The van der Waals surface area contributed by atoms with Crippen LogP contribution in [0.4, 0.5) is 5.69 Å². The van der Waals surface area contributed by atoms with Crippen LogP contribution in [-0.2, 0) is 4.79 Å². The molecule has 0 spiro atoms. The minimum absolute atomic E-state index is 0.0997. The third-order valence-corrected chi connectivity index (χ3v) is 3.96. The molecule has 1 amide bonds. The molecule has 0 atom stereocenters. The lowest BCUT2D eigenvalue weighted by atomic mass is 10.2. The van der Waals surface area contributed by atoms with Crippen LogP contribution in [0.25, 0.3) is 0 Å². The predicted molar refractivity (Wildman–Crippen MR) is 106 cm³/mol. The average molecular weight is 371 g/mol. The highest BCUT2D eigenvalue weighted by molar-refractivity contribution is 5.86. The number of para-hydroxylation sites is 2. The fourth-order valence-electron chi connectivity index (χ4n) is 2.51. The van der Waals surface area contributed by atoms with Crippen LogP contribution in [0.5, 0.6) is 17.2 Å². The molecule has 7 heteroatoms. The quantitative estimate of drug-likeness (QED) is 0.523. The predicted octanol–water partition coefficient (Wildman–Crippen LogP) is 2.78. The van der Waals surface area contributed by atoms with E-state index in [4.69, 9.17) is 9.47 Å². The van der Waals surface area contributed by atoms with Gasteiger partial charge < -0.3 is 19.5 Å². The Morgan fingerprint density at radius 2 is 1.89 bits per heavy atom. The minimum Gasteiger partial charge on any atom is -0.507 e. The van der Waals surface area contributed by atoms with Gasteiger partial charge in [0.2, 0.25) is 0 Å². The van der Waals surface area contributed by atoms with Crippen molar-refractivity contribution in [1.82, 2.24) is 5.43 Å². The summed E-state index contributed by atoms with van der Waals surface area (Å²) in [5.41, 5.74) is 3.81. The number of hydrogen-bond acceptors (Lipinski definition) is 6. The van der Waals surface area contributed by atoms with Gasteiger partial charge in [-0.3, -0.25) is 4.79 Å². The molecule has 2 aromatic rings. The van der Waals surface area contributed by atoms with Gasteiger partial charge in [0.05, 0.1) is 13.3 Å². The van der Waals surface area contributed by atoms with Gasteiger partial charge in [0.15, 0.2) is 18.1 Å². The van der Waals surface area contributed by atoms with Gasteiger partial charge in [-0.05, 0) is 38.1 Å². The molecular formula is C20H25N3O4. The van der Waals surface area contributed by atoms with Crippen LogP contribution in [0.1, 0.15) is 19.4 Å². The van der Waals surface area contributed by atoms with Gasteiger partial charge >= 0.3 is 0 Å². The standard InChI is InChI=1S/C20H25N3O4/c1-4-23(5-2)16-11-10-15(17(24)12-16)13-21-22-20(25)14-27-19-9-7-6-8-18(19)26-3/h6-13,24H,4-5,14H2,1-3H3,(H,22,25)/b21-13+. The number of hydrazone groups is 1. The zero-order chi connectivity index (χ0) is 19.6. The van der Waals surface area contributed by atoms with Crippen molar-refractivity contribution in [3.8, 4) is 17.2 Å². The number of nitrogens with one attached hydrogen (secondary N) is 1. The molecule has 2 rings (SSSR count). The number of hydrogen-bond donors (Lipinski definition) is 2. The Hall–Kier alpha value is -3.22. The maximum Gasteiger partial charge on any atom is 0.277 e. The summed E-state index contributed by atoms with van der Waals surface area (Å²) >= 11 is 0. The number of phenolic OH excluding ortho intramolecular Hbond substituents is 1. The lowest BCUT2D eigenvalue weighted by molar-refractivity contribution is -0.123. The highest BCUT2D eigenvalue weighted by Gasteiger charge is 2.07. The Balaban J connectivity index is 1.90. The van der Waals surface area contributed by atoms with Gasteiger partial charge in [-0.25, -0.2) is 5.43 Å². The Morgan fingerprint density at radius 3 is 2.52 bits per heavy atom. The van der Waals surface area contributed by atoms with E-state index in [9.17, 15) is 9.90 Å². The molecule has 0 aromatic heterocycles. The largest absolute Gasteiger partial charge is 0.507 e. The first kappa shape index (κ1) is 20.1. The molecule has 0 bridgehead atoms. The van der Waals surface area contributed by atoms with Crippen LogP contribution in [0.3, 0.4) is 0 Å². The number of methoxy groups -OCH3 is 1. The number of nitrogens with zero attached hydrogens (tertiary/aromatic N) is 2. The number of benzene rings is 2. The van der Waals surface area contributed by atoms with Crippen molar-refractivity contribution in [3.05, 3.63) is 48.0 Å². The Labute approximate surface area is 159 Å². The van der Waals surface area contributed by atoms with E-state index in [0.29, 0.717) is 17.1 Å². The lowest BCUT2D eigenvalue weighted by Gasteiger charge is -2.21. The SMILES string of the molecule is CCN(CC)c1ccc(/C=N/NC(=O)COc2ccccc2OC)c(O)c1. The van der Waals surface area contributed by atoms with Crippen molar-refractivity contribution in [2.75, 3.05) is 31.7 Å². The van der Waals surface area contributed by atoms with Crippen molar-refractivity contribution >= 4 is 17.8 Å². The topological polar surface area (TPSA) is 83.4 Å². The molecule has 0 aliphatic rings. The summed E-state index contributed by atoms with van der Waals surface area (Å²) < 4.78 is 10.6. The van der Waals surface area contributed by atoms with Gasteiger partial charge in [-0.2, -0.15) is 5.10 Å². The minimum atomic E-state index is -0.420. The number of carbonyl (C=O) groups is 1. The van der Waals surface area contributed by atoms with E-state index in [1.54, 1.807) is 30.3 Å². The third kappa shape index (κ3) is 5.64. The monoisotopic (exact) mass is 371 g/mol. The molecule has 144 valence electrons. The second kappa shape index (κ2) is 10.1. The molecule has 0 aliphatic heterocycles. The van der Waals surface area contributed by atoms with Gasteiger partial charge in [0.1, 0.15) is 5.75 Å². The third-order valence-electron chi connectivity index (χ3n) is 3.96. The molecule has 2 aromatic carbocycles. The van der Waals surface area contributed by atoms with Gasteiger partial charge in [0, 0.05) is 30.4 Å². The highest BCUT2D eigenvalue weighted by atomic mass is 16.5. The summed E-state index contributed by atoms with van der Waals surface area (Å²) in [5.74, 6) is 0.704. The average Bonchev–Trinajstić information content (AvgIpc) is 2.69. The summed E-state index contributed by atoms with van der Waals surface area (Å²) in [5, 5.41) is 14.0. The van der Waals surface area contributed by atoms with E-state index in [1.807, 2.05) is 12.1 Å². The summed E-state index contributed by atoms with van der Waals surface area (Å²) in [7, 11) is 1.53. The van der Waals surface area contributed by atoms with E-state index >= 15 is 0 Å². The van der Waals surface area contributed by atoms with Crippen molar-refractivity contribution in [1.29, 1.82) is 0 Å². The maximum atomic E-state index is 11.9. The summed E-state index contributed by atoms with van der Waals surface area (Å²) in [6, 6.07) is 12.4. The Kier molecular flexibility index (Phi) is 7.49. The number of amides is 1. The van der Waals surface area contributed by atoms with Gasteiger partial charge in [-0.15, -0.1) is 0 Å². The zero-order valence-corrected chi connectivity index (χ0v) is 15.8. The molecule has 0 fully saturated rings.